The number of methoxy groups -OCH3 is 1. The Morgan fingerprint density at radius 1 is 1.27 bits per heavy atom. The topological polar surface area (TPSA) is 55.4 Å². The van der Waals surface area contributed by atoms with Gasteiger partial charge in [0.05, 0.1) is 23.9 Å². The zero-order valence-corrected chi connectivity index (χ0v) is 12.8. The minimum absolute atomic E-state index is 0.0362. The van der Waals surface area contributed by atoms with E-state index < -0.39 is 23.6 Å². The molecule has 0 bridgehead atoms. The molecule has 0 saturated heterocycles. The number of rotatable bonds is 4. The molecule has 0 fully saturated rings. The number of halogens is 3. The molecular weight excluding hydrogens is 299 g/mol. The van der Waals surface area contributed by atoms with E-state index in [4.69, 9.17) is 0 Å². The van der Waals surface area contributed by atoms with E-state index in [9.17, 15) is 22.8 Å². The van der Waals surface area contributed by atoms with Crippen molar-refractivity contribution in [1.82, 2.24) is 0 Å². The van der Waals surface area contributed by atoms with E-state index in [-0.39, 0.29) is 29.2 Å². The van der Waals surface area contributed by atoms with Gasteiger partial charge in [0, 0.05) is 6.42 Å². The number of hydrogen-bond acceptors (Lipinski definition) is 3. The number of carbonyl (C=O) groups is 2. The second-order valence-electron chi connectivity index (χ2n) is 5.35. The average Bonchev–Trinajstić information content (AvgIpc) is 2.37. The summed E-state index contributed by atoms with van der Waals surface area (Å²) in [6.45, 7) is 4.85. The standard InChI is InChI=1S/C15H18F3NO3/c1-8(2)5-13(20)19-12-7-11(15(16,17)18)9(3)6-10(12)14(21)22-4/h6-8H,5H2,1-4H3,(H,19,20). The van der Waals surface area contributed by atoms with Crippen molar-refractivity contribution in [2.75, 3.05) is 12.4 Å². The van der Waals surface area contributed by atoms with Crippen molar-refractivity contribution < 1.29 is 27.5 Å². The molecule has 0 heterocycles. The molecule has 0 atom stereocenters. The fraction of sp³-hybridized carbons (Fsp3) is 0.467. The number of carbonyl (C=O) groups excluding carboxylic acids is 2. The molecule has 22 heavy (non-hydrogen) atoms. The second kappa shape index (κ2) is 6.81. The first-order valence-corrected chi connectivity index (χ1v) is 6.66. The summed E-state index contributed by atoms with van der Waals surface area (Å²) in [4.78, 5) is 23.5. The van der Waals surface area contributed by atoms with Crippen LogP contribution in [0.4, 0.5) is 18.9 Å². The molecule has 7 heteroatoms. The SMILES string of the molecule is COC(=O)c1cc(C)c(C(F)(F)F)cc1NC(=O)CC(C)C. The molecular formula is C15H18F3NO3. The van der Waals surface area contributed by atoms with E-state index in [1.165, 1.54) is 6.92 Å². The van der Waals surface area contributed by atoms with Gasteiger partial charge in [0.15, 0.2) is 0 Å². The normalized spacial score (nSPS) is 11.5. The first-order valence-electron chi connectivity index (χ1n) is 6.66. The Morgan fingerprint density at radius 3 is 2.32 bits per heavy atom. The number of amides is 1. The summed E-state index contributed by atoms with van der Waals surface area (Å²) in [6, 6.07) is 1.83. The molecule has 4 nitrogen and oxygen atoms in total. The van der Waals surface area contributed by atoms with Gasteiger partial charge in [-0.3, -0.25) is 4.79 Å². The van der Waals surface area contributed by atoms with Crippen LogP contribution in [-0.2, 0) is 15.7 Å². The molecule has 0 aliphatic carbocycles. The Bertz CT molecular complexity index is 580. The van der Waals surface area contributed by atoms with E-state index in [1.807, 2.05) is 0 Å². The van der Waals surface area contributed by atoms with E-state index >= 15 is 0 Å². The summed E-state index contributed by atoms with van der Waals surface area (Å²) >= 11 is 0. The molecule has 0 aliphatic rings. The van der Waals surface area contributed by atoms with Crippen molar-refractivity contribution in [3.63, 3.8) is 0 Å². The van der Waals surface area contributed by atoms with Gasteiger partial charge in [0.25, 0.3) is 0 Å². The first kappa shape index (κ1) is 18.0. The first-order chi connectivity index (χ1) is 10.1. The zero-order chi connectivity index (χ0) is 17.1. The van der Waals surface area contributed by atoms with E-state index in [2.05, 4.69) is 10.1 Å². The van der Waals surface area contributed by atoms with Crippen molar-refractivity contribution >= 4 is 17.6 Å². The molecule has 1 amide bonds. The Balaban J connectivity index is 3.31. The Hall–Kier alpha value is -2.05. The van der Waals surface area contributed by atoms with Gasteiger partial charge in [0.1, 0.15) is 0 Å². The third-order valence-corrected chi connectivity index (χ3v) is 2.94. The number of alkyl halides is 3. The lowest BCUT2D eigenvalue weighted by atomic mass is 10.0. The number of hydrogen-bond donors (Lipinski definition) is 1. The Labute approximate surface area is 126 Å². The maximum atomic E-state index is 13.0. The van der Waals surface area contributed by atoms with Gasteiger partial charge < -0.3 is 10.1 Å². The van der Waals surface area contributed by atoms with Crippen LogP contribution in [0.1, 0.15) is 41.8 Å². The van der Waals surface area contributed by atoms with Gasteiger partial charge in [-0.25, -0.2) is 4.79 Å². The number of benzene rings is 1. The minimum Gasteiger partial charge on any atom is -0.465 e. The molecule has 0 radical (unpaired) electrons. The van der Waals surface area contributed by atoms with Gasteiger partial charge in [0.2, 0.25) is 5.91 Å². The van der Waals surface area contributed by atoms with Crippen molar-refractivity contribution in [1.29, 1.82) is 0 Å². The minimum atomic E-state index is -4.57. The molecule has 0 saturated carbocycles. The number of esters is 1. The quantitative estimate of drug-likeness (QED) is 0.860. The van der Waals surface area contributed by atoms with Gasteiger partial charge in [-0.05, 0) is 30.5 Å². The predicted octanol–water partition coefficient (Wildman–Crippen LogP) is 3.79. The van der Waals surface area contributed by atoms with Gasteiger partial charge in [-0.1, -0.05) is 13.8 Å². The van der Waals surface area contributed by atoms with E-state index in [0.717, 1.165) is 19.2 Å². The molecule has 122 valence electrons. The van der Waals surface area contributed by atoms with E-state index in [0.29, 0.717) is 0 Å². The third kappa shape index (κ3) is 4.47. The highest BCUT2D eigenvalue weighted by Crippen LogP contribution is 2.35. The van der Waals surface area contributed by atoms with Gasteiger partial charge in [-0.15, -0.1) is 0 Å². The molecule has 1 rings (SSSR count). The van der Waals surface area contributed by atoms with Gasteiger partial charge >= 0.3 is 12.1 Å². The number of nitrogens with one attached hydrogen (secondary N) is 1. The monoisotopic (exact) mass is 317 g/mol. The highest BCUT2D eigenvalue weighted by molar-refractivity contribution is 6.01. The largest absolute Gasteiger partial charge is 0.465 e. The molecule has 1 aromatic carbocycles. The smallest absolute Gasteiger partial charge is 0.416 e. The number of anilines is 1. The van der Waals surface area contributed by atoms with Crippen LogP contribution < -0.4 is 5.32 Å². The number of ether oxygens (including phenoxy) is 1. The van der Waals surface area contributed by atoms with Crippen molar-refractivity contribution in [2.24, 2.45) is 5.92 Å². The second-order valence-corrected chi connectivity index (χ2v) is 5.35. The molecule has 0 spiro atoms. The van der Waals surface area contributed by atoms with Crippen LogP contribution in [0.3, 0.4) is 0 Å². The van der Waals surface area contributed by atoms with Crippen LogP contribution in [0.5, 0.6) is 0 Å². The highest BCUT2D eigenvalue weighted by Gasteiger charge is 2.34. The summed E-state index contributed by atoms with van der Waals surface area (Å²) in [7, 11) is 1.12. The lowest BCUT2D eigenvalue weighted by Gasteiger charge is -2.16. The van der Waals surface area contributed by atoms with Crippen LogP contribution in [-0.4, -0.2) is 19.0 Å². The molecule has 1 aromatic rings. The van der Waals surface area contributed by atoms with Crippen LogP contribution in [0, 0.1) is 12.8 Å². The summed E-state index contributed by atoms with van der Waals surface area (Å²) < 4.78 is 43.4. The van der Waals surface area contributed by atoms with Crippen LogP contribution in [0.15, 0.2) is 12.1 Å². The Kier molecular flexibility index (Phi) is 5.57. The van der Waals surface area contributed by atoms with Crippen molar-refractivity contribution in [3.05, 3.63) is 28.8 Å². The summed E-state index contributed by atoms with van der Waals surface area (Å²) in [5.41, 5.74) is -1.32. The average molecular weight is 317 g/mol. The van der Waals surface area contributed by atoms with Crippen molar-refractivity contribution in [3.8, 4) is 0 Å². The van der Waals surface area contributed by atoms with Crippen LogP contribution >= 0.6 is 0 Å². The maximum Gasteiger partial charge on any atom is 0.416 e. The van der Waals surface area contributed by atoms with Gasteiger partial charge in [-0.2, -0.15) is 13.2 Å². The summed E-state index contributed by atoms with van der Waals surface area (Å²) in [5, 5.41) is 2.36. The molecule has 1 N–H and O–H groups in total. The van der Waals surface area contributed by atoms with E-state index in [1.54, 1.807) is 13.8 Å². The lowest BCUT2D eigenvalue weighted by molar-refractivity contribution is -0.138. The fourth-order valence-corrected chi connectivity index (χ4v) is 1.97. The molecule has 0 unspecified atom stereocenters. The maximum absolute atomic E-state index is 13.0. The van der Waals surface area contributed by atoms with Crippen LogP contribution in [0.25, 0.3) is 0 Å². The third-order valence-electron chi connectivity index (χ3n) is 2.94. The van der Waals surface area contributed by atoms with Crippen LogP contribution in [0.2, 0.25) is 0 Å². The summed E-state index contributed by atoms with van der Waals surface area (Å²) in [6.07, 6.45) is -4.44. The Morgan fingerprint density at radius 2 is 1.86 bits per heavy atom. The predicted molar refractivity (Wildman–Crippen MR) is 75.6 cm³/mol. The molecule has 0 aliphatic heterocycles. The summed E-state index contributed by atoms with van der Waals surface area (Å²) in [5.74, 6) is -1.23. The highest BCUT2D eigenvalue weighted by atomic mass is 19.4. The fourth-order valence-electron chi connectivity index (χ4n) is 1.97. The lowest BCUT2D eigenvalue weighted by Crippen LogP contribution is -2.19. The van der Waals surface area contributed by atoms with Crippen molar-refractivity contribution in [2.45, 2.75) is 33.4 Å². The molecule has 0 aromatic heterocycles. The zero-order valence-electron chi connectivity index (χ0n) is 12.8. The number of aryl methyl sites for hydroxylation is 1.